The molecule has 0 radical (unpaired) electrons. The van der Waals surface area contributed by atoms with E-state index in [1.807, 2.05) is 24.8 Å². The Labute approximate surface area is 122 Å². The van der Waals surface area contributed by atoms with Crippen LogP contribution in [0.3, 0.4) is 0 Å². The summed E-state index contributed by atoms with van der Waals surface area (Å²) >= 11 is 0. The number of aromatic nitrogens is 3. The molecule has 1 amide bonds. The van der Waals surface area contributed by atoms with Gasteiger partial charge >= 0.3 is 0 Å². The first-order valence-corrected chi connectivity index (χ1v) is 7.09. The molecule has 1 unspecified atom stereocenters. The highest BCUT2D eigenvalue weighted by Gasteiger charge is 2.23. The van der Waals surface area contributed by atoms with Crippen molar-refractivity contribution in [1.82, 2.24) is 19.5 Å². The molecule has 1 fully saturated rings. The normalized spacial score (nSPS) is 17.0. The lowest BCUT2D eigenvalue weighted by Crippen LogP contribution is -2.47. The zero-order valence-corrected chi connectivity index (χ0v) is 12.2. The second-order valence-electron chi connectivity index (χ2n) is 5.20. The topological polar surface area (TPSA) is 71.8 Å². The van der Waals surface area contributed by atoms with Gasteiger partial charge in [-0.15, -0.1) is 0 Å². The third-order valence-electron chi connectivity index (χ3n) is 3.56. The van der Waals surface area contributed by atoms with E-state index in [4.69, 9.17) is 4.74 Å². The van der Waals surface area contributed by atoms with Gasteiger partial charge in [0, 0.05) is 25.5 Å². The Balaban J connectivity index is 1.76. The second-order valence-corrected chi connectivity index (χ2v) is 5.20. The van der Waals surface area contributed by atoms with Gasteiger partial charge < -0.3 is 15.0 Å². The summed E-state index contributed by atoms with van der Waals surface area (Å²) in [5.41, 5.74) is 1.79. The first kappa shape index (κ1) is 13.8. The predicted molar refractivity (Wildman–Crippen MR) is 78.2 cm³/mol. The molecule has 3 rings (SSSR count). The number of anilines is 1. The van der Waals surface area contributed by atoms with Crippen molar-refractivity contribution >= 4 is 17.2 Å². The van der Waals surface area contributed by atoms with Crippen LogP contribution in [-0.2, 0) is 9.53 Å². The van der Waals surface area contributed by atoms with Gasteiger partial charge in [0.25, 0.3) is 0 Å². The van der Waals surface area contributed by atoms with Gasteiger partial charge in [-0.05, 0) is 19.9 Å². The maximum atomic E-state index is 12.4. The fraction of sp³-hybridized carbons (Fsp3) is 0.500. The fourth-order valence-corrected chi connectivity index (χ4v) is 2.48. The van der Waals surface area contributed by atoms with Gasteiger partial charge in [-0.25, -0.2) is 9.50 Å². The molecule has 7 heteroatoms. The molecule has 21 heavy (non-hydrogen) atoms. The number of nitrogens with one attached hydrogen (secondary N) is 1. The Morgan fingerprint density at radius 2 is 2.19 bits per heavy atom. The smallest absolute Gasteiger partial charge is 0.244 e. The van der Waals surface area contributed by atoms with Crippen LogP contribution >= 0.6 is 0 Å². The Morgan fingerprint density at radius 1 is 1.43 bits per heavy atom. The SMILES string of the molecule is Cc1cc2c(NC(C)C(=O)N3CCOCC3)nccn2n1. The van der Waals surface area contributed by atoms with Gasteiger partial charge in [0.1, 0.15) is 11.6 Å². The molecule has 1 aliphatic heterocycles. The Morgan fingerprint density at radius 3 is 2.95 bits per heavy atom. The van der Waals surface area contributed by atoms with Crippen molar-refractivity contribution in [2.75, 3.05) is 31.6 Å². The summed E-state index contributed by atoms with van der Waals surface area (Å²) in [6, 6.07) is 1.61. The van der Waals surface area contributed by atoms with E-state index >= 15 is 0 Å². The summed E-state index contributed by atoms with van der Waals surface area (Å²) in [5.74, 6) is 0.741. The summed E-state index contributed by atoms with van der Waals surface area (Å²) in [6.45, 7) is 6.29. The minimum atomic E-state index is -0.336. The molecule has 0 bridgehead atoms. The number of carbonyl (C=O) groups is 1. The number of hydrogen-bond donors (Lipinski definition) is 1. The number of fused-ring (bicyclic) bond motifs is 1. The highest BCUT2D eigenvalue weighted by Crippen LogP contribution is 2.16. The Kier molecular flexibility index (Phi) is 3.74. The lowest BCUT2D eigenvalue weighted by molar-refractivity contribution is -0.135. The van der Waals surface area contributed by atoms with E-state index in [2.05, 4.69) is 15.4 Å². The van der Waals surface area contributed by atoms with Crippen LogP contribution in [0.25, 0.3) is 5.52 Å². The molecule has 1 atom stereocenters. The van der Waals surface area contributed by atoms with E-state index < -0.39 is 0 Å². The van der Waals surface area contributed by atoms with Crippen molar-refractivity contribution in [3.05, 3.63) is 24.2 Å². The molecule has 2 aromatic rings. The van der Waals surface area contributed by atoms with Crippen molar-refractivity contribution in [2.45, 2.75) is 19.9 Å². The summed E-state index contributed by atoms with van der Waals surface area (Å²) in [6.07, 6.45) is 3.47. The molecular weight excluding hydrogens is 270 g/mol. The van der Waals surface area contributed by atoms with E-state index in [-0.39, 0.29) is 11.9 Å². The van der Waals surface area contributed by atoms with Crippen molar-refractivity contribution < 1.29 is 9.53 Å². The van der Waals surface area contributed by atoms with Gasteiger partial charge in [0.15, 0.2) is 5.82 Å². The molecule has 1 aliphatic rings. The molecule has 7 nitrogen and oxygen atoms in total. The highest BCUT2D eigenvalue weighted by atomic mass is 16.5. The molecule has 1 saturated heterocycles. The number of nitrogens with zero attached hydrogens (tertiary/aromatic N) is 4. The van der Waals surface area contributed by atoms with Crippen LogP contribution in [0.4, 0.5) is 5.82 Å². The summed E-state index contributed by atoms with van der Waals surface area (Å²) in [5, 5.41) is 7.53. The average molecular weight is 289 g/mol. The number of aryl methyl sites for hydroxylation is 1. The van der Waals surface area contributed by atoms with Crippen molar-refractivity contribution in [2.24, 2.45) is 0 Å². The molecule has 0 spiro atoms. The van der Waals surface area contributed by atoms with Crippen LogP contribution in [0.15, 0.2) is 18.5 Å². The number of amides is 1. The molecule has 112 valence electrons. The van der Waals surface area contributed by atoms with E-state index in [1.165, 1.54) is 0 Å². The first-order chi connectivity index (χ1) is 10.1. The third-order valence-corrected chi connectivity index (χ3v) is 3.56. The van der Waals surface area contributed by atoms with Crippen molar-refractivity contribution in [3.63, 3.8) is 0 Å². The van der Waals surface area contributed by atoms with E-state index in [9.17, 15) is 4.79 Å². The summed E-state index contributed by atoms with van der Waals surface area (Å²) in [7, 11) is 0. The zero-order chi connectivity index (χ0) is 14.8. The maximum absolute atomic E-state index is 12.4. The molecule has 3 heterocycles. The van der Waals surface area contributed by atoms with Crippen LogP contribution < -0.4 is 5.32 Å². The number of carbonyl (C=O) groups excluding carboxylic acids is 1. The van der Waals surface area contributed by atoms with Gasteiger partial charge in [-0.3, -0.25) is 4.79 Å². The van der Waals surface area contributed by atoms with E-state index in [0.717, 1.165) is 11.2 Å². The Hall–Kier alpha value is -2.15. The third kappa shape index (κ3) is 2.82. The number of ether oxygens (including phenoxy) is 1. The van der Waals surface area contributed by atoms with Gasteiger partial charge in [-0.1, -0.05) is 0 Å². The average Bonchev–Trinajstić information content (AvgIpc) is 2.88. The fourth-order valence-electron chi connectivity index (χ4n) is 2.48. The van der Waals surface area contributed by atoms with Crippen molar-refractivity contribution in [1.29, 1.82) is 0 Å². The molecule has 0 aliphatic carbocycles. The second kappa shape index (κ2) is 5.69. The Bertz CT molecular complexity index is 648. The molecule has 0 aromatic carbocycles. The lowest BCUT2D eigenvalue weighted by atomic mass is 10.2. The maximum Gasteiger partial charge on any atom is 0.244 e. The first-order valence-electron chi connectivity index (χ1n) is 7.09. The minimum Gasteiger partial charge on any atom is -0.378 e. The number of rotatable bonds is 3. The lowest BCUT2D eigenvalue weighted by Gasteiger charge is -2.29. The molecule has 0 saturated carbocycles. The molecular formula is C14H19N5O2. The van der Waals surface area contributed by atoms with Crippen LogP contribution in [0.2, 0.25) is 0 Å². The van der Waals surface area contributed by atoms with Crippen LogP contribution in [0.5, 0.6) is 0 Å². The van der Waals surface area contributed by atoms with Gasteiger partial charge in [0.2, 0.25) is 5.91 Å². The van der Waals surface area contributed by atoms with Crippen LogP contribution in [-0.4, -0.2) is 57.8 Å². The van der Waals surface area contributed by atoms with E-state index in [0.29, 0.717) is 32.1 Å². The standard InChI is InChI=1S/C14H19N5O2/c1-10-9-12-13(15-3-4-19(12)17-10)16-11(2)14(20)18-5-7-21-8-6-18/h3-4,9,11H,5-8H2,1-2H3,(H,15,16). The largest absolute Gasteiger partial charge is 0.378 e. The van der Waals surface area contributed by atoms with Crippen molar-refractivity contribution in [3.8, 4) is 0 Å². The van der Waals surface area contributed by atoms with E-state index in [1.54, 1.807) is 16.9 Å². The van der Waals surface area contributed by atoms with Crippen LogP contribution in [0.1, 0.15) is 12.6 Å². The summed E-state index contributed by atoms with van der Waals surface area (Å²) in [4.78, 5) is 18.5. The predicted octanol–water partition coefficient (Wildman–Crippen LogP) is 0.697. The summed E-state index contributed by atoms with van der Waals surface area (Å²) < 4.78 is 7.03. The van der Waals surface area contributed by atoms with Gasteiger partial charge in [-0.2, -0.15) is 5.10 Å². The highest BCUT2D eigenvalue weighted by molar-refractivity contribution is 5.85. The zero-order valence-electron chi connectivity index (χ0n) is 12.2. The molecule has 1 N–H and O–H groups in total. The number of morpholine rings is 1. The van der Waals surface area contributed by atoms with Crippen LogP contribution in [0, 0.1) is 6.92 Å². The molecule has 2 aromatic heterocycles. The minimum absolute atomic E-state index is 0.0679. The monoisotopic (exact) mass is 289 g/mol. The van der Waals surface area contributed by atoms with Gasteiger partial charge in [0.05, 0.1) is 18.9 Å². The quantitative estimate of drug-likeness (QED) is 0.900. The number of hydrogen-bond acceptors (Lipinski definition) is 5.